The lowest BCUT2D eigenvalue weighted by Crippen LogP contribution is -2.33. The van der Waals surface area contributed by atoms with Crippen molar-refractivity contribution in [3.63, 3.8) is 0 Å². The van der Waals surface area contributed by atoms with Crippen molar-refractivity contribution in [2.45, 2.75) is 39.2 Å². The smallest absolute Gasteiger partial charge is 0.280 e. The van der Waals surface area contributed by atoms with Gasteiger partial charge in [-0.15, -0.1) is 0 Å². The van der Waals surface area contributed by atoms with Crippen LogP contribution in [0.15, 0.2) is 41.5 Å². The number of hydrazone groups is 1. The third kappa shape index (κ3) is 5.89. The zero-order valence-corrected chi connectivity index (χ0v) is 18.6. The number of carbonyl (C=O) groups excluding carboxylic acids is 1. The van der Waals surface area contributed by atoms with Gasteiger partial charge in [0.25, 0.3) is 5.91 Å². The Kier molecular flexibility index (Phi) is 7.69. The predicted octanol–water partition coefficient (Wildman–Crippen LogP) is 3.93. The van der Waals surface area contributed by atoms with Gasteiger partial charge in [0, 0.05) is 5.56 Å². The van der Waals surface area contributed by atoms with Crippen LogP contribution < -0.4 is 24.4 Å². The van der Waals surface area contributed by atoms with E-state index in [0.717, 1.165) is 0 Å². The first kappa shape index (κ1) is 23.1. The number of ether oxygens (including phenoxy) is 4. The summed E-state index contributed by atoms with van der Waals surface area (Å²) in [5, 5.41) is 4.00. The average molecular weight is 415 g/mol. The van der Waals surface area contributed by atoms with Crippen LogP contribution in [0.25, 0.3) is 0 Å². The molecule has 0 bridgehead atoms. The van der Waals surface area contributed by atoms with Crippen molar-refractivity contribution in [3.05, 3.63) is 47.5 Å². The molecule has 1 amide bonds. The fourth-order valence-electron chi connectivity index (χ4n) is 2.73. The van der Waals surface area contributed by atoms with Crippen molar-refractivity contribution in [1.29, 1.82) is 0 Å². The Hall–Kier alpha value is -3.22. The zero-order valence-electron chi connectivity index (χ0n) is 18.6. The summed E-state index contributed by atoms with van der Waals surface area (Å²) in [6, 6.07) is 11.2. The van der Waals surface area contributed by atoms with E-state index in [1.54, 1.807) is 19.1 Å². The molecule has 0 heterocycles. The van der Waals surface area contributed by atoms with Crippen LogP contribution in [-0.2, 0) is 10.2 Å². The van der Waals surface area contributed by atoms with Crippen LogP contribution in [0.5, 0.6) is 23.0 Å². The van der Waals surface area contributed by atoms with E-state index in [4.69, 9.17) is 18.9 Å². The Morgan fingerprint density at radius 2 is 1.57 bits per heavy atom. The number of amides is 1. The fourth-order valence-corrected chi connectivity index (χ4v) is 2.73. The molecule has 1 N–H and O–H groups in total. The van der Waals surface area contributed by atoms with Crippen molar-refractivity contribution in [2.75, 3.05) is 21.3 Å². The van der Waals surface area contributed by atoms with E-state index in [-0.39, 0.29) is 11.3 Å². The summed E-state index contributed by atoms with van der Waals surface area (Å²) in [6.45, 7) is 8.10. The first-order valence-corrected chi connectivity index (χ1v) is 9.59. The highest BCUT2D eigenvalue weighted by Gasteiger charge is 2.17. The molecule has 2 rings (SSSR count). The highest BCUT2D eigenvalue weighted by atomic mass is 16.5. The molecular weight excluding hydrogens is 384 g/mol. The standard InChI is InChI=1S/C23H30N2O5/c1-15(30-18-10-8-17(9-11-18)23(2,3)4)22(26)25-24-14-16-12-19(27-5)21(29-7)20(13-16)28-6/h8-15H,1-7H3,(H,25,26)/b24-14+. The van der Waals surface area contributed by atoms with Gasteiger partial charge >= 0.3 is 0 Å². The SMILES string of the molecule is COc1cc(/C=N/NC(=O)C(C)Oc2ccc(C(C)(C)C)cc2)cc(OC)c1OC. The van der Waals surface area contributed by atoms with Crippen molar-refractivity contribution in [3.8, 4) is 23.0 Å². The first-order valence-electron chi connectivity index (χ1n) is 9.59. The minimum atomic E-state index is -0.706. The van der Waals surface area contributed by atoms with Crippen molar-refractivity contribution >= 4 is 12.1 Å². The Morgan fingerprint density at radius 1 is 1.00 bits per heavy atom. The number of rotatable bonds is 8. The maximum absolute atomic E-state index is 12.3. The number of hydrogen-bond acceptors (Lipinski definition) is 6. The van der Waals surface area contributed by atoms with Crippen LogP contribution in [-0.4, -0.2) is 39.6 Å². The number of nitrogens with zero attached hydrogens (tertiary/aromatic N) is 1. The molecule has 0 saturated carbocycles. The van der Waals surface area contributed by atoms with Crippen molar-refractivity contribution in [2.24, 2.45) is 5.10 Å². The zero-order chi connectivity index (χ0) is 22.3. The molecule has 0 radical (unpaired) electrons. The van der Waals surface area contributed by atoms with Gasteiger partial charge in [0.05, 0.1) is 27.5 Å². The summed E-state index contributed by atoms with van der Waals surface area (Å²) >= 11 is 0. The highest BCUT2D eigenvalue weighted by Crippen LogP contribution is 2.37. The molecule has 0 aromatic heterocycles. The van der Waals surface area contributed by atoms with Gasteiger partial charge < -0.3 is 18.9 Å². The van der Waals surface area contributed by atoms with E-state index in [9.17, 15) is 4.79 Å². The largest absolute Gasteiger partial charge is 0.493 e. The molecule has 2 aromatic rings. The predicted molar refractivity (Wildman–Crippen MR) is 117 cm³/mol. The topological polar surface area (TPSA) is 78.4 Å². The van der Waals surface area contributed by atoms with E-state index in [1.165, 1.54) is 33.1 Å². The molecule has 162 valence electrons. The van der Waals surface area contributed by atoms with E-state index >= 15 is 0 Å². The number of nitrogens with one attached hydrogen (secondary N) is 1. The molecule has 0 aliphatic heterocycles. The van der Waals surface area contributed by atoms with Gasteiger partial charge in [-0.2, -0.15) is 5.10 Å². The van der Waals surface area contributed by atoms with Gasteiger partial charge in [-0.05, 0) is 42.2 Å². The summed E-state index contributed by atoms with van der Waals surface area (Å²) in [5.74, 6) is 1.75. The second kappa shape index (κ2) is 10.0. The van der Waals surface area contributed by atoms with Crippen LogP contribution in [0.4, 0.5) is 0 Å². The summed E-state index contributed by atoms with van der Waals surface area (Å²) < 4.78 is 21.6. The molecule has 0 spiro atoms. The number of benzene rings is 2. The van der Waals surface area contributed by atoms with E-state index in [1.807, 2.05) is 24.3 Å². The third-order valence-electron chi connectivity index (χ3n) is 4.48. The summed E-state index contributed by atoms with van der Waals surface area (Å²) in [6.07, 6.45) is 0.787. The Bertz CT molecular complexity index is 860. The summed E-state index contributed by atoms with van der Waals surface area (Å²) in [5.41, 5.74) is 4.41. The molecule has 0 fully saturated rings. The third-order valence-corrected chi connectivity index (χ3v) is 4.48. The van der Waals surface area contributed by atoms with E-state index in [2.05, 4.69) is 31.3 Å². The molecule has 1 unspecified atom stereocenters. The number of carbonyl (C=O) groups is 1. The molecule has 7 nitrogen and oxygen atoms in total. The first-order chi connectivity index (χ1) is 14.2. The van der Waals surface area contributed by atoms with Gasteiger partial charge in [-0.25, -0.2) is 5.43 Å². The van der Waals surface area contributed by atoms with Crippen molar-refractivity contribution in [1.82, 2.24) is 5.43 Å². The second-order valence-electron chi connectivity index (χ2n) is 7.73. The lowest BCUT2D eigenvalue weighted by molar-refractivity contribution is -0.127. The lowest BCUT2D eigenvalue weighted by Gasteiger charge is -2.20. The van der Waals surface area contributed by atoms with E-state index < -0.39 is 6.10 Å². The molecule has 1 atom stereocenters. The van der Waals surface area contributed by atoms with Crippen LogP contribution in [0.2, 0.25) is 0 Å². The fraction of sp³-hybridized carbons (Fsp3) is 0.391. The molecule has 2 aromatic carbocycles. The Balaban J connectivity index is 2.00. The van der Waals surface area contributed by atoms with Crippen LogP contribution in [0.1, 0.15) is 38.8 Å². The normalized spacial score (nSPS) is 12.4. The van der Waals surface area contributed by atoms with E-state index in [0.29, 0.717) is 28.6 Å². The van der Waals surface area contributed by atoms with Crippen LogP contribution in [0.3, 0.4) is 0 Å². The van der Waals surface area contributed by atoms with Crippen LogP contribution in [0, 0.1) is 0 Å². The van der Waals surface area contributed by atoms with Crippen LogP contribution >= 0.6 is 0 Å². The number of hydrogen-bond donors (Lipinski definition) is 1. The maximum atomic E-state index is 12.3. The Morgan fingerprint density at radius 3 is 2.03 bits per heavy atom. The molecule has 7 heteroatoms. The van der Waals surface area contributed by atoms with Gasteiger partial charge in [0.15, 0.2) is 17.6 Å². The highest BCUT2D eigenvalue weighted by molar-refractivity contribution is 5.85. The summed E-state index contributed by atoms with van der Waals surface area (Å²) in [4.78, 5) is 12.3. The maximum Gasteiger partial charge on any atom is 0.280 e. The quantitative estimate of drug-likeness (QED) is 0.523. The minimum Gasteiger partial charge on any atom is -0.493 e. The number of methoxy groups -OCH3 is 3. The van der Waals surface area contributed by atoms with Gasteiger partial charge in [-0.1, -0.05) is 32.9 Å². The van der Waals surface area contributed by atoms with Gasteiger partial charge in [0.1, 0.15) is 5.75 Å². The Labute approximate surface area is 178 Å². The monoisotopic (exact) mass is 414 g/mol. The molecule has 30 heavy (non-hydrogen) atoms. The summed E-state index contributed by atoms with van der Waals surface area (Å²) in [7, 11) is 4.60. The molecule has 0 saturated heterocycles. The molecule has 0 aliphatic rings. The minimum absolute atomic E-state index is 0.0586. The van der Waals surface area contributed by atoms with Gasteiger partial charge in [-0.3, -0.25) is 4.79 Å². The van der Waals surface area contributed by atoms with Crippen molar-refractivity contribution < 1.29 is 23.7 Å². The average Bonchev–Trinajstić information content (AvgIpc) is 2.72. The molecule has 0 aliphatic carbocycles. The molecular formula is C23H30N2O5. The lowest BCUT2D eigenvalue weighted by atomic mass is 9.87. The second-order valence-corrected chi connectivity index (χ2v) is 7.73. The van der Waals surface area contributed by atoms with Gasteiger partial charge in [0.2, 0.25) is 5.75 Å².